The summed E-state index contributed by atoms with van der Waals surface area (Å²) in [5.74, 6) is -0.137. The van der Waals surface area contributed by atoms with Gasteiger partial charge in [0, 0.05) is 20.0 Å². The molecule has 0 spiro atoms. The number of aromatic nitrogens is 2. The normalized spacial score (nSPS) is 15.9. The number of aryl methyl sites for hydroxylation is 1. The Morgan fingerprint density at radius 1 is 1.28 bits per heavy atom. The molecular weight excluding hydrogens is 350 g/mol. The molecule has 2 aromatic rings. The first-order chi connectivity index (χ1) is 12.0. The average Bonchev–Trinajstić information content (AvgIpc) is 3.06. The first-order valence-corrected chi connectivity index (χ1v) is 9.05. The fourth-order valence-corrected chi connectivity index (χ4v) is 3.78. The van der Waals surface area contributed by atoms with Gasteiger partial charge in [0.1, 0.15) is 0 Å². The van der Waals surface area contributed by atoms with Gasteiger partial charge in [-0.25, -0.2) is 13.2 Å². The van der Waals surface area contributed by atoms with Crippen LogP contribution in [0, 0.1) is 6.92 Å². The van der Waals surface area contributed by atoms with E-state index in [-0.39, 0.29) is 36.0 Å². The van der Waals surface area contributed by atoms with Crippen molar-refractivity contribution >= 4 is 16.0 Å². The standard InChI is InChI=1S/C15H17N3O6S/c1-11-16-17-14(24-11)10-23-15(19)12-3-2-4-13(9-12)25(20,21)18-5-7-22-8-6-18/h2-4,9H,5-8,10H2,1H3. The smallest absolute Gasteiger partial charge is 0.338 e. The number of nitrogens with zero attached hydrogens (tertiary/aromatic N) is 3. The van der Waals surface area contributed by atoms with E-state index in [9.17, 15) is 13.2 Å². The van der Waals surface area contributed by atoms with Gasteiger partial charge in [-0.3, -0.25) is 0 Å². The molecule has 1 fully saturated rings. The Hall–Kier alpha value is -2.30. The summed E-state index contributed by atoms with van der Waals surface area (Å²) in [4.78, 5) is 12.2. The van der Waals surface area contributed by atoms with E-state index in [1.54, 1.807) is 6.92 Å². The van der Waals surface area contributed by atoms with E-state index in [1.165, 1.54) is 28.6 Å². The topological polar surface area (TPSA) is 112 Å². The van der Waals surface area contributed by atoms with Crippen molar-refractivity contribution in [2.45, 2.75) is 18.4 Å². The van der Waals surface area contributed by atoms with E-state index in [1.807, 2.05) is 0 Å². The minimum absolute atomic E-state index is 0.0393. The lowest BCUT2D eigenvalue weighted by Crippen LogP contribution is -2.40. The predicted molar refractivity (Wildman–Crippen MR) is 84.2 cm³/mol. The Morgan fingerprint density at radius 2 is 2.04 bits per heavy atom. The molecule has 3 rings (SSSR count). The number of sulfonamides is 1. The lowest BCUT2D eigenvalue weighted by molar-refractivity contribution is 0.0436. The van der Waals surface area contributed by atoms with Gasteiger partial charge < -0.3 is 13.9 Å². The number of hydrogen-bond donors (Lipinski definition) is 0. The van der Waals surface area contributed by atoms with Crippen molar-refractivity contribution in [3.63, 3.8) is 0 Å². The number of carbonyl (C=O) groups excluding carboxylic acids is 1. The minimum Gasteiger partial charge on any atom is -0.452 e. The second kappa shape index (κ2) is 7.30. The molecule has 0 unspecified atom stereocenters. The molecule has 25 heavy (non-hydrogen) atoms. The van der Waals surface area contributed by atoms with Gasteiger partial charge in [-0.1, -0.05) is 6.07 Å². The van der Waals surface area contributed by atoms with Crippen molar-refractivity contribution in [1.29, 1.82) is 0 Å². The molecular formula is C15H17N3O6S. The number of morpholine rings is 1. The van der Waals surface area contributed by atoms with Crippen molar-refractivity contribution in [2.24, 2.45) is 0 Å². The molecule has 134 valence electrons. The van der Waals surface area contributed by atoms with Crippen LogP contribution in [0.15, 0.2) is 33.6 Å². The van der Waals surface area contributed by atoms with Gasteiger partial charge in [0.2, 0.25) is 15.9 Å². The Labute approximate surface area is 144 Å². The molecule has 2 heterocycles. The fourth-order valence-electron chi connectivity index (χ4n) is 2.33. The van der Waals surface area contributed by atoms with Crippen LogP contribution in [0.3, 0.4) is 0 Å². The molecule has 1 aliphatic heterocycles. The highest BCUT2D eigenvalue weighted by Gasteiger charge is 2.27. The summed E-state index contributed by atoms with van der Waals surface area (Å²) in [6, 6.07) is 5.73. The Kier molecular flexibility index (Phi) is 5.11. The van der Waals surface area contributed by atoms with Gasteiger partial charge in [-0.15, -0.1) is 10.2 Å². The summed E-state index contributed by atoms with van der Waals surface area (Å²) in [7, 11) is -3.68. The van der Waals surface area contributed by atoms with Crippen molar-refractivity contribution in [1.82, 2.24) is 14.5 Å². The van der Waals surface area contributed by atoms with Crippen molar-refractivity contribution in [3.8, 4) is 0 Å². The van der Waals surface area contributed by atoms with Crippen LogP contribution in [0.25, 0.3) is 0 Å². The van der Waals surface area contributed by atoms with Crippen LogP contribution < -0.4 is 0 Å². The molecule has 0 N–H and O–H groups in total. The quantitative estimate of drug-likeness (QED) is 0.712. The van der Waals surface area contributed by atoms with E-state index in [0.717, 1.165) is 0 Å². The third-order valence-corrected chi connectivity index (χ3v) is 5.47. The summed E-state index contributed by atoms with van der Waals surface area (Å²) in [6.07, 6.45) is 0. The highest BCUT2D eigenvalue weighted by atomic mass is 32.2. The number of rotatable bonds is 5. The van der Waals surface area contributed by atoms with Crippen molar-refractivity contribution in [2.75, 3.05) is 26.3 Å². The summed E-state index contributed by atoms with van der Waals surface area (Å²) < 4.78 is 42.0. The zero-order valence-electron chi connectivity index (χ0n) is 13.5. The van der Waals surface area contributed by atoms with E-state index < -0.39 is 16.0 Å². The van der Waals surface area contributed by atoms with Crippen LogP contribution in [0.5, 0.6) is 0 Å². The van der Waals surface area contributed by atoms with E-state index in [4.69, 9.17) is 13.9 Å². The lowest BCUT2D eigenvalue weighted by atomic mass is 10.2. The molecule has 10 heteroatoms. The van der Waals surface area contributed by atoms with Gasteiger partial charge in [0.05, 0.1) is 23.7 Å². The predicted octanol–water partition coefficient (Wildman–Crippen LogP) is 0.756. The second-order valence-corrected chi connectivity index (χ2v) is 7.27. The molecule has 9 nitrogen and oxygen atoms in total. The van der Waals surface area contributed by atoms with Crippen LogP contribution in [0.2, 0.25) is 0 Å². The Bertz CT molecular complexity index is 858. The molecule has 0 amide bonds. The molecule has 0 atom stereocenters. The number of esters is 1. The number of carbonyl (C=O) groups is 1. The number of hydrogen-bond acceptors (Lipinski definition) is 8. The molecule has 0 aliphatic carbocycles. The van der Waals surface area contributed by atoms with Crippen LogP contribution in [0.1, 0.15) is 22.1 Å². The highest BCUT2D eigenvalue weighted by molar-refractivity contribution is 7.89. The monoisotopic (exact) mass is 367 g/mol. The summed E-state index contributed by atoms with van der Waals surface area (Å²) >= 11 is 0. The molecule has 1 aliphatic rings. The summed E-state index contributed by atoms with van der Waals surface area (Å²) in [5.41, 5.74) is 0.130. The Balaban J connectivity index is 1.73. The zero-order chi connectivity index (χ0) is 17.9. The van der Waals surface area contributed by atoms with Crippen LogP contribution in [0.4, 0.5) is 0 Å². The minimum atomic E-state index is -3.68. The lowest BCUT2D eigenvalue weighted by Gasteiger charge is -2.26. The Morgan fingerprint density at radius 3 is 2.72 bits per heavy atom. The van der Waals surface area contributed by atoms with Crippen LogP contribution >= 0.6 is 0 Å². The van der Waals surface area contributed by atoms with Crippen LogP contribution in [-0.4, -0.2) is 55.2 Å². The maximum Gasteiger partial charge on any atom is 0.338 e. The second-order valence-electron chi connectivity index (χ2n) is 5.34. The summed E-state index contributed by atoms with van der Waals surface area (Å²) in [5, 5.41) is 7.35. The zero-order valence-corrected chi connectivity index (χ0v) is 14.4. The summed E-state index contributed by atoms with van der Waals surface area (Å²) in [6.45, 7) is 2.72. The molecule has 0 radical (unpaired) electrons. The molecule has 0 bridgehead atoms. The van der Waals surface area contributed by atoms with Crippen molar-refractivity contribution in [3.05, 3.63) is 41.6 Å². The molecule has 0 saturated carbocycles. The molecule has 1 aromatic carbocycles. The number of ether oxygens (including phenoxy) is 2. The van der Waals surface area contributed by atoms with Gasteiger partial charge in [0.15, 0.2) is 6.61 Å². The highest BCUT2D eigenvalue weighted by Crippen LogP contribution is 2.19. The number of benzene rings is 1. The SMILES string of the molecule is Cc1nnc(COC(=O)c2cccc(S(=O)(=O)N3CCOCC3)c2)o1. The van der Waals surface area contributed by atoms with Crippen LogP contribution in [-0.2, 0) is 26.1 Å². The van der Waals surface area contributed by atoms with Gasteiger partial charge >= 0.3 is 5.97 Å². The van der Waals surface area contributed by atoms with E-state index in [0.29, 0.717) is 19.1 Å². The fraction of sp³-hybridized carbons (Fsp3) is 0.400. The third kappa shape index (κ3) is 4.03. The maximum absolute atomic E-state index is 12.6. The largest absolute Gasteiger partial charge is 0.452 e. The van der Waals surface area contributed by atoms with Gasteiger partial charge in [0.25, 0.3) is 5.89 Å². The van der Waals surface area contributed by atoms with E-state index >= 15 is 0 Å². The van der Waals surface area contributed by atoms with Crippen molar-refractivity contribution < 1.29 is 27.1 Å². The molecule has 1 saturated heterocycles. The maximum atomic E-state index is 12.6. The van der Waals surface area contributed by atoms with E-state index in [2.05, 4.69) is 10.2 Å². The first-order valence-electron chi connectivity index (χ1n) is 7.61. The average molecular weight is 367 g/mol. The van der Waals surface area contributed by atoms with Gasteiger partial charge in [-0.2, -0.15) is 4.31 Å². The first kappa shape index (κ1) is 17.5. The van der Waals surface area contributed by atoms with Gasteiger partial charge in [-0.05, 0) is 18.2 Å². The molecule has 1 aromatic heterocycles. The third-order valence-electron chi connectivity index (χ3n) is 3.57.